The number of thiophene rings is 1. The van der Waals surface area contributed by atoms with Gasteiger partial charge in [-0.2, -0.15) is 4.98 Å². The van der Waals surface area contributed by atoms with Crippen LogP contribution < -0.4 is 10.6 Å². The van der Waals surface area contributed by atoms with Gasteiger partial charge in [0.15, 0.2) is 0 Å². The van der Waals surface area contributed by atoms with E-state index >= 15 is 0 Å². The minimum absolute atomic E-state index is 0.667. The summed E-state index contributed by atoms with van der Waals surface area (Å²) < 4.78 is 0. The average molecular weight is 312 g/mol. The smallest absolute Gasteiger partial charge is 0.225 e. The van der Waals surface area contributed by atoms with Crippen molar-refractivity contribution in [3.8, 4) is 0 Å². The summed E-state index contributed by atoms with van der Waals surface area (Å²) in [4.78, 5) is 11.3. The van der Waals surface area contributed by atoms with Gasteiger partial charge in [-0.3, -0.25) is 0 Å². The Kier molecular flexibility index (Phi) is 4.53. The zero-order chi connectivity index (χ0) is 15.4. The Bertz CT molecular complexity index is 752. The molecule has 114 valence electrons. The summed E-state index contributed by atoms with van der Waals surface area (Å²) in [6.07, 6.45) is 2.15. The number of nitrogens with zero attached hydrogens (tertiary/aromatic N) is 2. The monoisotopic (exact) mass is 312 g/mol. The van der Waals surface area contributed by atoms with Gasteiger partial charge in [0.1, 0.15) is 10.6 Å². The van der Waals surface area contributed by atoms with E-state index in [1.807, 2.05) is 7.05 Å². The zero-order valence-corrected chi connectivity index (χ0v) is 13.7. The minimum atomic E-state index is 0.667. The molecule has 0 aliphatic heterocycles. The minimum Gasteiger partial charge on any atom is -0.369 e. The number of hydrogen-bond donors (Lipinski definition) is 2. The van der Waals surface area contributed by atoms with Gasteiger partial charge >= 0.3 is 0 Å². The summed E-state index contributed by atoms with van der Waals surface area (Å²) in [6, 6.07) is 12.7. The van der Waals surface area contributed by atoms with Gasteiger partial charge in [-0.15, -0.1) is 11.3 Å². The third-order valence-electron chi connectivity index (χ3n) is 3.52. The molecule has 0 radical (unpaired) electrons. The van der Waals surface area contributed by atoms with E-state index in [9.17, 15) is 0 Å². The van der Waals surface area contributed by atoms with Crippen LogP contribution in [0.25, 0.3) is 10.2 Å². The number of rotatable bonds is 6. The number of aromatic nitrogens is 2. The highest BCUT2D eigenvalue weighted by Crippen LogP contribution is 2.29. The number of benzene rings is 1. The molecule has 0 spiro atoms. The van der Waals surface area contributed by atoms with Crippen molar-refractivity contribution >= 4 is 33.3 Å². The van der Waals surface area contributed by atoms with Crippen LogP contribution in [-0.2, 0) is 6.42 Å². The highest BCUT2D eigenvalue weighted by Gasteiger charge is 2.09. The van der Waals surface area contributed by atoms with Crippen LogP contribution in [0.2, 0.25) is 0 Å². The van der Waals surface area contributed by atoms with Crippen LogP contribution in [0.3, 0.4) is 0 Å². The Morgan fingerprint density at radius 3 is 2.73 bits per heavy atom. The maximum atomic E-state index is 4.55. The lowest BCUT2D eigenvalue weighted by Gasteiger charge is -2.08. The summed E-state index contributed by atoms with van der Waals surface area (Å²) in [7, 11) is 1.85. The Morgan fingerprint density at radius 1 is 1.14 bits per heavy atom. The second-order valence-electron chi connectivity index (χ2n) is 5.24. The molecule has 2 aromatic heterocycles. The molecule has 0 unspecified atom stereocenters. The van der Waals surface area contributed by atoms with Gasteiger partial charge in [-0.25, -0.2) is 4.98 Å². The SMILES string of the molecule is CNc1nc(NCCCc2ccccc2)c2cc(C)sc2n1. The molecular formula is C17H20N4S. The van der Waals surface area contributed by atoms with E-state index in [2.05, 4.69) is 63.9 Å². The van der Waals surface area contributed by atoms with Gasteiger partial charge in [0, 0.05) is 18.5 Å². The predicted molar refractivity (Wildman–Crippen MR) is 95.0 cm³/mol. The van der Waals surface area contributed by atoms with Crippen molar-refractivity contribution in [2.75, 3.05) is 24.2 Å². The second-order valence-corrected chi connectivity index (χ2v) is 6.47. The first kappa shape index (κ1) is 14.8. The number of fused-ring (bicyclic) bond motifs is 1. The lowest BCUT2D eigenvalue weighted by molar-refractivity contribution is 0.860. The molecule has 0 bridgehead atoms. The maximum absolute atomic E-state index is 4.55. The highest BCUT2D eigenvalue weighted by atomic mass is 32.1. The van der Waals surface area contributed by atoms with Crippen LogP contribution in [0.4, 0.5) is 11.8 Å². The number of aryl methyl sites for hydroxylation is 2. The normalized spacial score (nSPS) is 10.8. The largest absolute Gasteiger partial charge is 0.369 e. The van der Waals surface area contributed by atoms with Gasteiger partial charge in [-0.1, -0.05) is 30.3 Å². The topological polar surface area (TPSA) is 49.8 Å². The lowest BCUT2D eigenvalue weighted by Crippen LogP contribution is -2.07. The van der Waals surface area contributed by atoms with Crippen molar-refractivity contribution in [2.45, 2.75) is 19.8 Å². The molecule has 4 nitrogen and oxygen atoms in total. The van der Waals surface area contributed by atoms with E-state index in [4.69, 9.17) is 0 Å². The van der Waals surface area contributed by atoms with E-state index in [0.717, 1.165) is 35.4 Å². The molecule has 1 aromatic carbocycles. The van der Waals surface area contributed by atoms with Crippen LogP contribution >= 0.6 is 11.3 Å². The summed E-state index contributed by atoms with van der Waals surface area (Å²) in [5.41, 5.74) is 1.37. The quantitative estimate of drug-likeness (QED) is 0.673. The first-order valence-corrected chi connectivity index (χ1v) is 8.31. The molecule has 3 aromatic rings. The van der Waals surface area contributed by atoms with E-state index < -0.39 is 0 Å². The summed E-state index contributed by atoms with van der Waals surface area (Å²) >= 11 is 1.70. The van der Waals surface area contributed by atoms with Gasteiger partial charge in [0.05, 0.1) is 5.39 Å². The first-order valence-electron chi connectivity index (χ1n) is 7.50. The molecule has 2 heterocycles. The third-order valence-corrected chi connectivity index (χ3v) is 4.46. The van der Waals surface area contributed by atoms with Crippen LogP contribution in [0.15, 0.2) is 36.4 Å². The molecule has 0 atom stereocenters. The Labute approximate surface area is 134 Å². The second kappa shape index (κ2) is 6.75. The Hall–Kier alpha value is -2.14. The van der Waals surface area contributed by atoms with E-state index in [0.29, 0.717) is 5.95 Å². The van der Waals surface area contributed by atoms with Crippen LogP contribution in [0.1, 0.15) is 16.9 Å². The van der Waals surface area contributed by atoms with Crippen LogP contribution in [-0.4, -0.2) is 23.6 Å². The molecular weight excluding hydrogens is 292 g/mol. The summed E-state index contributed by atoms with van der Waals surface area (Å²) in [5.74, 6) is 1.59. The molecule has 0 saturated heterocycles. The van der Waals surface area contributed by atoms with Gasteiger partial charge in [0.2, 0.25) is 5.95 Å². The summed E-state index contributed by atoms with van der Waals surface area (Å²) in [5, 5.41) is 7.60. The molecule has 0 aliphatic rings. The van der Waals surface area contributed by atoms with Crippen LogP contribution in [0.5, 0.6) is 0 Å². The molecule has 0 fully saturated rings. The molecule has 22 heavy (non-hydrogen) atoms. The molecule has 3 rings (SSSR count). The fourth-order valence-electron chi connectivity index (χ4n) is 2.43. The molecule has 0 saturated carbocycles. The van der Waals surface area contributed by atoms with E-state index in [1.54, 1.807) is 11.3 Å². The van der Waals surface area contributed by atoms with Crippen molar-refractivity contribution in [3.05, 3.63) is 46.8 Å². The molecule has 2 N–H and O–H groups in total. The van der Waals surface area contributed by atoms with Gasteiger partial charge in [-0.05, 0) is 31.4 Å². The van der Waals surface area contributed by atoms with Crippen molar-refractivity contribution in [1.82, 2.24) is 9.97 Å². The maximum Gasteiger partial charge on any atom is 0.225 e. The Morgan fingerprint density at radius 2 is 1.95 bits per heavy atom. The van der Waals surface area contributed by atoms with Crippen molar-refractivity contribution in [2.24, 2.45) is 0 Å². The van der Waals surface area contributed by atoms with E-state index in [1.165, 1.54) is 10.4 Å². The van der Waals surface area contributed by atoms with Crippen molar-refractivity contribution < 1.29 is 0 Å². The van der Waals surface area contributed by atoms with Crippen molar-refractivity contribution in [3.63, 3.8) is 0 Å². The fourth-order valence-corrected chi connectivity index (χ4v) is 3.31. The van der Waals surface area contributed by atoms with Crippen LogP contribution in [0, 0.1) is 6.92 Å². The average Bonchev–Trinajstić information content (AvgIpc) is 2.92. The highest BCUT2D eigenvalue weighted by molar-refractivity contribution is 7.18. The Balaban J connectivity index is 1.68. The van der Waals surface area contributed by atoms with Gasteiger partial charge < -0.3 is 10.6 Å². The lowest BCUT2D eigenvalue weighted by atomic mass is 10.1. The third kappa shape index (κ3) is 3.36. The van der Waals surface area contributed by atoms with E-state index in [-0.39, 0.29) is 0 Å². The number of nitrogens with one attached hydrogen (secondary N) is 2. The van der Waals surface area contributed by atoms with Gasteiger partial charge in [0.25, 0.3) is 0 Å². The standard InChI is InChI=1S/C17H20N4S/c1-12-11-14-15(20-17(18-2)21-16(14)22-12)19-10-6-9-13-7-4-3-5-8-13/h3-5,7-8,11H,6,9-10H2,1-2H3,(H2,18,19,20,21). The molecule has 5 heteroatoms. The predicted octanol–water partition coefficient (Wildman–Crippen LogP) is 4.09. The number of hydrogen-bond acceptors (Lipinski definition) is 5. The molecule has 0 aliphatic carbocycles. The summed E-state index contributed by atoms with van der Waals surface area (Å²) in [6.45, 7) is 3.00. The first-order chi connectivity index (χ1) is 10.8. The zero-order valence-electron chi connectivity index (χ0n) is 12.9. The molecule has 0 amide bonds. The number of anilines is 2. The van der Waals surface area contributed by atoms with Crippen molar-refractivity contribution in [1.29, 1.82) is 0 Å². The fraction of sp³-hybridized carbons (Fsp3) is 0.294.